The molecule has 2 aromatic carbocycles. The molecule has 0 fully saturated rings. The molecule has 5 heteroatoms. The second-order valence-electron chi connectivity index (χ2n) is 3.56. The first kappa shape index (κ1) is 12.2. The van der Waals surface area contributed by atoms with Gasteiger partial charge < -0.3 is 5.43 Å². The summed E-state index contributed by atoms with van der Waals surface area (Å²) in [5.74, 6) is 4.09. The second-order valence-corrected chi connectivity index (χ2v) is 3.56. The fraction of sp³-hybridized carbons (Fsp3) is 0. The van der Waals surface area contributed by atoms with Crippen molar-refractivity contribution >= 4 is 11.5 Å². The van der Waals surface area contributed by atoms with Crippen LogP contribution in [0.2, 0.25) is 0 Å². The Bertz CT molecular complexity index is 568. The van der Waals surface area contributed by atoms with Gasteiger partial charge in [-0.1, -0.05) is 18.2 Å². The van der Waals surface area contributed by atoms with E-state index >= 15 is 0 Å². The SMILES string of the molecule is NNC(=Nc1ccccc1)c1ccc(F)cc1F. The number of hydrogen-bond acceptors (Lipinski definition) is 2. The predicted octanol–water partition coefficient (Wildman–Crippen LogP) is 2.51. The normalized spacial score (nSPS) is 11.4. The monoisotopic (exact) mass is 247 g/mol. The van der Waals surface area contributed by atoms with Gasteiger partial charge in [-0.2, -0.15) is 0 Å². The average Bonchev–Trinajstić information content (AvgIpc) is 2.38. The maximum atomic E-state index is 13.6. The lowest BCUT2D eigenvalue weighted by Gasteiger charge is -2.07. The standard InChI is InChI=1S/C13H11F2N3/c14-9-6-7-11(12(15)8-9)13(18-16)17-10-4-2-1-3-5-10/h1-8H,16H2,(H,17,18). The zero-order valence-electron chi connectivity index (χ0n) is 9.40. The first-order valence-electron chi connectivity index (χ1n) is 5.26. The van der Waals surface area contributed by atoms with Crippen molar-refractivity contribution in [3.05, 3.63) is 65.7 Å². The molecule has 0 heterocycles. The third-order valence-electron chi connectivity index (χ3n) is 2.32. The van der Waals surface area contributed by atoms with Crippen LogP contribution in [0.25, 0.3) is 0 Å². The minimum Gasteiger partial charge on any atom is -0.308 e. The third kappa shape index (κ3) is 2.70. The van der Waals surface area contributed by atoms with Crippen LogP contribution in [-0.2, 0) is 0 Å². The van der Waals surface area contributed by atoms with Crippen LogP contribution in [0, 0.1) is 11.6 Å². The fourth-order valence-corrected chi connectivity index (χ4v) is 1.48. The van der Waals surface area contributed by atoms with Crippen LogP contribution in [0.5, 0.6) is 0 Å². The lowest BCUT2D eigenvalue weighted by Crippen LogP contribution is -2.31. The lowest BCUT2D eigenvalue weighted by molar-refractivity contribution is 0.581. The summed E-state index contributed by atoms with van der Waals surface area (Å²) >= 11 is 0. The molecule has 0 aromatic heterocycles. The fourth-order valence-electron chi connectivity index (χ4n) is 1.48. The quantitative estimate of drug-likeness (QED) is 0.371. The molecule has 0 radical (unpaired) electrons. The van der Waals surface area contributed by atoms with Crippen LogP contribution in [0.3, 0.4) is 0 Å². The topological polar surface area (TPSA) is 50.4 Å². The number of nitrogens with two attached hydrogens (primary N) is 1. The van der Waals surface area contributed by atoms with Gasteiger partial charge in [0, 0.05) is 6.07 Å². The zero-order valence-corrected chi connectivity index (χ0v) is 9.40. The van der Waals surface area contributed by atoms with Crippen molar-refractivity contribution in [2.75, 3.05) is 0 Å². The first-order valence-corrected chi connectivity index (χ1v) is 5.26. The third-order valence-corrected chi connectivity index (χ3v) is 2.32. The van der Waals surface area contributed by atoms with Crippen LogP contribution >= 0.6 is 0 Å². The summed E-state index contributed by atoms with van der Waals surface area (Å²) in [5, 5.41) is 0. The predicted molar refractivity (Wildman–Crippen MR) is 66.3 cm³/mol. The number of halogens is 2. The molecule has 0 bridgehead atoms. The molecular formula is C13H11F2N3. The second kappa shape index (κ2) is 5.37. The Morgan fingerprint density at radius 2 is 1.78 bits per heavy atom. The summed E-state index contributed by atoms with van der Waals surface area (Å²) in [4.78, 5) is 4.16. The average molecular weight is 247 g/mol. The Balaban J connectivity index is 2.42. The molecule has 2 rings (SSSR count). The number of benzene rings is 2. The number of nitrogens with zero attached hydrogens (tertiary/aromatic N) is 1. The van der Waals surface area contributed by atoms with E-state index in [1.807, 2.05) is 6.07 Å². The Hall–Kier alpha value is -2.27. The highest BCUT2D eigenvalue weighted by atomic mass is 19.1. The Morgan fingerprint density at radius 1 is 1.06 bits per heavy atom. The molecule has 92 valence electrons. The van der Waals surface area contributed by atoms with Gasteiger partial charge in [-0.25, -0.2) is 19.6 Å². The molecule has 0 spiro atoms. The molecule has 0 amide bonds. The molecule has 18 heavy (non-hydrogen) atoms. The number of hydrogen-bond donors (Lipinski definition) is 2. The van der Waals surface area contributed by atoms with E-state index in [1.165, 1.54) is 6.07 Å². The largest absolute Gasteiger partial charge is 0.308 e. The zero-order chi connectivity index (χ0) is 13.0. The van der Waals surface area contributed by atoms with E-state index in [1.54, 1.807) is 24.3 Å². The number of nitrogens with one attached hydrogen (secondary N) is 1. The molecule has 2 aromatic rings. The Kier molecular flexibility index (Phi) is 3.64. The van der Waals surface area contributed by atoms with Gasteiger partial charge in [-0.15, -0.1) is 0 Å². The molecule has 0 aliphatic rings. The highest BCUT2D eigenvalue weighted by Crippen LogP contribution is 2.14. The highest BCUT2D eigenvalue weighted by Gasteiger charge is 2.09. The van der Waals surface area contributed by atoms with E-state index in [-0.39, 0.29) is 11.4 Å². The van der Waals surface area contributed by atoms with Crippen molar-refractivity contribution in [2.45, 2.75) is 0 Å². The summed E-state index contributed by atoms with van der Waals surface area (Å²) in [6.45, 7) is 0. The molecular weight excluding hydrogens is 236 g/mol. The van der Waals surface area contributed by atoms with Gasteiger partial charge in [0.1, 0.15) is 11.6 Å². The lowest BCUT2D eigenvalue weighted by atomic mass is 10.2. The van der Waals surface area contributed by atoms with Crippen LogP contribution in [0.15, 0.2) is 53.5 Å². The van der Waals surface area contributed by atoms with Crippen molar-refractivity contribution in [3.8, 4) is 0 Å². The van der Waals surface area contributed by atoms with E-state index in [0.29, 0.717) is 5.69 Å². The van der Waals surface area contributed by atoms with Crippen molar-refractivity contribution in [2.24, 2.45) is 10.8 Å². The first-order chi connectivity index (χ1) is 8.70. The van der Waals surface area contributed by atoms with Gasteiger partial charge in [0.2, 0.25) is 0 Å². The Morgan fingerprint density at radius 3 is 2.39 bits per heavy atom. The molecule has 0 unspecified atom stereocenters. The number of aliphatic imine (C=N–C) groups is 1. The maximum absolute atomic E-state index is 13.6. The summed E-state index contributed by atoms with van der Waals surface area (Å²) in [6.07, 6.45) is 0. The van der Waals surface area contributed by atoms with E-state index in [4.69, 9.17) is 5.84 Å². The van der Waals surface area contributed by atoms with E-state index < -0.39 is 11.6 Å². The van der Waals surface area contributed by atoms with Crippen LogP contribution in [-0.4, -0.2) is 5.84 Å². The van der Waals surface area contributed by atoms with Gasteiger partial charge in [0.05, 0.1) is 11.3 Å². The molecule has 3 N–H and O–H groups in total. The van der Waals surface area contributed by atoms with Crippen molar-refractivity contribution < 1.29 is 8.78 Å². The highest BCUT2D eigenvalue weighted by molar-refractivity contribution is 6.00. The Labute approximate surface area is 103 Å². The summed E-state index contributed by atoms with van der Waals surface area (Å²) in [5.41, 5.74) is 3.05. The van der Waals surface area contributed by atoms with Crippen LogP contribution < -0.4 is 11.3 Å². The van der Waals surface area contributed by atoms with Crippen molar-refractivity contribution in [1.29, 1.82) is 0 Å². The summed E-state index contributed by atoms with van der Waals surface area (Å²) < 4.78 is 26.4. The van der Waals surface area contributed by atoms with Gasteiger partial charge >= 0.3 is 0 Å². The van der Waals surface area contributed by atoms with Crippen LogP contribution in [0.1, 0.15) is 5.56 Å². The van der Waals surface area contributed by atoms with E-state index in [0.717, 1.165) is 12.1 Å². The number of amidine groups is 1. The molecule has 0 saturated heterocycles. The van der Waals surface area contributed by atoms with E-state index in [2.05, 4.69) is 10.4 Å². The van der Waals surface area contributed by atoms with E-state index in [9.17, 15) is 8.78 Å². The number of rotatable bonds is 2. The molecule has 3 nitrogen and oxygen atoms in total. The van der Waals surface area contributed by atoms with Crippen molar-refractivity contribution in [1.82, 2.24) is 5.43 Å². The number of hydrazine groups is 1. The molecule has 0 atom stereocenters. The van der Waals surface area contributed by atoms with Crippen molar-refractivity contribution in [3.63, 3.8) is 0 Å². The minimum atomic E-state index is -0.720. The summed E-state index contributed by atoms with van der Waals surface area (Å²) in [7, 11) is 0. The smallest absolute Gasteiger partial charge is 0.150 e. The van der Waals surface area contributed by atoms with Gasteiger partial charge in [0.15, 0.2) is 5.84 Å². The maximum Gasteiger partial charge on any atom is 0.150 e. The summed E-state index contributed by atoms with van der Waals surface area (Å²) in [6, 6.07) is 12.2. The molecule has 0 aliphatic heterocycles. The van der Waals surface area contributed by atoms with Gasteiger partial charge in [-0.05, 0) is 24.3 Å². The van der Waals surface area contributed by atoms with Gasteiger partial charge in [0.25, 0.3) is 0 Å². The van der Waals surface area contributed by atoms with Crippen LogP contribution in [0.4, 0.5) is 14.5 Å². The molecule has 0 aliphatic carbocycles. The molecule has 0 saturated carbocycles. The number of para-hydroxylation sites is 1. The minimum absolute atomic E-state index is 0.114. The van der Waals surface area contributed by atoms with Gasteiger partial charge in [-0.3, -0.25) is 0 Å².